The van der Waals surface area contributed by atoms with Gasteiger partial charge in [0.05, 0.1) is 10.3 Å². The zero-order valence-electron chi connectivity index (χ0n) is 14.1. The van der Waals surface area contributed by atoms with Gasteiger partial charge in [-0.15, -0.1) is 0 Å². The number of aryl methyl sites for hydroxylation is 1. The van der Waals surface area contributed by atoms with Crippen molar-refractivity contribution in [3.05, 3.63) is 39.4 Å². The average Bonchev–Trinajstić information content (AvgIpc) is 3.00. The van der Waals surface area contributed by atoms with Gasteiger partial charge < -0.3 is 10.0 Å². The number of hydrogen-bond donors (Lipinski definition) is 1. The number of nitro benzene ring substituents is 1. The van der Waals surface area contributed by atoms with E-state index in [1.165, 1.54) is 11.0 Å². The van der Waals surface area contributed by atoms with E-state index >= 15 is 0 Å². The van der Waals surface area contributed by atoms with E-state index in [9.17, 15) is 24.8 Å². The van der Waals surface area contributed by atoms with Crippen molar-refractivity contribution in [2.75, 3.05) is 13.1 Å². The Morgan fingerprint density at radius 2 is 2.08 bits per heavy atom. The number of hydrogen-bond acceptors (Lipinski definition) is 4. The molecule has 0 spiro atoms. The van der Waals surface area contributed by atoms with Crippen molar-refractivity contribution in [3.8, 4) is 0 Å². The predicted molar refractivity (Wildman–Crippen MR) is 87.9 cm³/mol. The minimum atomic E-state index is -0.953. The van der Waals surface area contributed by atoms with E-state index in [-0.39, 0.29) is 29.6 Å². The van der Waals surface area contributed by atoms with Gasteiger partial charge in [0.25, 0.3) is 11.6 Å². The number of aliphatic carboxylic acids is 1. The number of nitro groups is 1. The smallest absolute Gasteiger partial charge is 0.311 e. The molecule has 1 aliphatic rings. The number of amides is 1. The fraction of sp³-hybridized carbons (Fsp3) is 0.529. The number of carboxylic acid groups (broad SMARTS) is 1. The number of carbonyl (C=O) groups is 2. The first kappa shape index (κ1) is 17.9. The molecule has 0 aliphatic carbocycles. The Labute approximate surface area is 140 Å². The van der Waals surface area contributed by atoms with Crippen LogP contribution in [0.2, 0.25) is 0 Å². The summed E-state index contributed by atoms with van der Waals surface area (Å²) in [5.41, 5.74) is -0.231. The summed E-state index contributed by atoms with van der Waals surface area (Å²) in [5, 5.41) is 20.7. The number of nitrogens with zero attached hydrogens (tertiary/aromatic N) is 2. The lowest BCUT2D eigenvalue weighted by molar-refractivity contribution is -0.385. The van der Waals surface area contributed by atoms with Crippen LogP contribution in [0.15, 0.2) is 18.2 Å². The Kier molecular flexibility index (Phi) is 4.91. The summed E-state index contributed by atoms with van der Waals surface area (Å²) < 4.78 is 0. The zero-order chi connectivity index (χ0) is 18.1. The third-order valence-electron chi connectivity index (χ3n) is 5.03. The fourth-order valence-corrected chi connectivity index (χ4v) is 3.25. The highest BCUT2D eigenvalue weighted by molar-refractivity contribution is 5.95. The highest BCUT2D eigenvalue weighted by Crippen LogP contribution is 2.38. The topological polar surface area (TPSA) is 101 Å². The molecule has 0 bridgehead atoms. The van der Waals surface area contributed by atoms with E-state index in [1.807, 2.05) is 20.8 Å². The highest BCUT2D eigenvalue weighted by Gasteiger charge is 2.48. The first-order valence-corrected chi connectivity index (χ1v) is 8.03. The maximum absolute atomic E-state index is 12.7. The molecule has 1 saturated heterocycles. The lowest BCUT2D eigenvalue weighted by atomic mass is 9.76. The Bertz CT molecular complexity index is 686. The monoisotopic (exact) mass is 334 g/mol. The van der Waals surface area contributed by atoms with Crippen LogP contribution in [-0.2, 0) is 11.2 Å². The number of carboxylic acids is 1. The van der Waals surface area contributed by atoms with Crippen molar-refractivity contribution in [2.45, 2.75) is 33.6 Å². The van der Waals surface area contributed by atoms with Gasteiger partial charge in [-0.1, -0.05) is 26.8 Å². The maximum Gasteiger partial charge on any atom is 0.311 e. The van der Waals surface area contributed by atoms with Crippen LogP contribution in [0, 0.1) is 21.4 Å². The van der Waals surface area contributed by atoms with E-state index in [0.717, 1.165) is 0 Å². The first-order valence-electron chi connectivity index (χ1n) is 8.03. The molecule has 0 saturated carbocycles. The predicted octanol–water partition coefficient (Wildman–Crippen LogP) is 2.73. The van der Waals surface area contributed by atoms with Gasteiger partial charge in [-0.05, 0) is 24.8 Å². The summed E-state index contributed by atoms with van der Waals surface area (Å²) in [7, 11) is 0. The summed E-state index contributed by atoms with van der Waals surface area (Å²) in [6.45, 7) is 5.95. The molecular formula is C17H22N2O5. The highest BCUT2D eigenvalue weighted by atomic mass is 16.6. The third kappa shape index (κ3) is 2.98. The molecule has 0 aromatic heterocycles. The summed E-state index contributed by atoms with van der Waals surface area (Å²) in [6, 6.07) is 4.45. The molecular weight excluding hydrogens is 312 g/mol. The van der Waals surface area contributed by atoms with E-state index in [0.29, 0.717) is 24.9 Å². The van der Waals surface area contributed by atoms with Crippen LogP contribution in [0.1, 0.15) is 43.1 Å². The van der Waals surface area contributed by atoms with Gasteiger partial charge in [-0.25, -0.2) is 0 Å². The Morgan fingerprint density at radius 3 is 2.54 bits per heavy atom. The van der Waals surface area contributed by atoms with Gasteiger partial charge in [-0.3, -0.25) is 19.7 Å². The fourth-order valence-electron chi connectivity index (χ4n) is 3.25. The summed E-state index contributed by atoms with van der Waals surface area (Å²) in [5.74, 6) is -1.37. The van der Waals surface area contributed by atoms with E-state index in [4.69, 9.17) is 0 Å². The van der Waals surface area contributed by atoms with Crippen molar-refractivity contribution in [1.82, 2.24) is 4.90 Å². The number of likely N-dealkylation sites (tertiary alicyclic amines) is 1. The molecule has 1 unspecified atom stereocenters. The Hall–Kier alpha value is -2.44. The van der Waals surface area contributed by atoms with E-state index < -0.39 is 16.3 Å². The summed E-state index contributed by atoms with van der Waals surface area (Å²) in [6.07, 6.45) is 0.894. The Balaban J connectivity index is 2.29. The van der Waals surface area contributed by atoms with Crippen LogP contribution in [-0.4, -0.2) is 39.9 Å². The second-order valence-electron chi connectivity index (χ2n) is 6.55. The average molecular weight is 334 g/mol. The third-order valence-corrected chi connectivity index (χ3v) is 5.03. The number of rotatable bonds is 5. The van der Waals surface area contributed by atoms with Gasteiger partial charge in [-0.2, -0.15) is 0 Å². The standard InChI is InChI=1S/C17H22N2O5/c1-4-12-5-6-13(9-14(12)19(23)24)15(20)18-8-7-17(10-18,11(2)3)16(21)22/h5-6,9,11H,4,7-8,10H2,1-3H3,(H,21,22). The van der Waals surface area contributed by atoms with Gasteiger partial charge in [0.2, 0.25) is 0 Å². The van der Waals surface area contributed by atoms with Crippen molar-refractivity contribution in [3.63, 3.8) is 0 Å². The van der Waals surface area contributed by atoms with Crippen LogP contribution in [0.4, 0.5) is 5.69 Å². The van der Waals surface area contributed by atoms with Crippen LogP contribution < -0.4 is 0 Å². The molecule has 1 fully saturated rings. The lowest BCUT2D eigenvalue weighted by Gasteiger charge is -2.28. The van der Waals surface area contributed by atoms with Crippen LogP contribution >= 0.6 is 0 Å². The quantitative estimate of drug-likeness (QED) is 0.659. The Morgan fingerprint density at radius 1 is 1.42 bits per heavy atom. The molecule has 24 heavy (non-hydrogen) atoms. The summed E-state index contributed by atoms with van der Waals surface area (Å²) in [4.78, 5) is 36.5. The molecule has 7 nitrogen and oxygen atoms in total. The van der Waals surface area contributed by atoms with Crippen molar-refractivity contribution < 1.29 is 19.6 Å². The molecule has 1 aromatic rings. The molecule has 1 atom stereocenters. The van der Waals surface area contributed by atoms with Gasteiger partial charge in [0, 0.05) is 30.3 Å². The summed E-state index contributed by atoms with van der Waals surface area (Å²) >= 11 is 0. The van der Waals surface area contributed by atoms with E-state index in [2.05, 4.69) is 0 Å². The number of carbonyl (C=O) groups excluding carboxylic acids is 1. The number of benzene rings is 1. The minimum absolute atomic E-state index is 0.0732. The molecule has 1 amide bonds. The molecule has 7 heteroatoms. The van der Waals surface area contributed by atoms with Crippen LogP contribution in [0.5, 0.6) is 0 Å². The maximum atomic E-state index is 12.7. The zero-order valence-corrected chi connectivity index (χ0v) is 14.1. The van der Waals surface area contributed by atoms with Crippen LogP contribution in [0.3, 0.4) is 0 Å². The van der Waals surface area contributed by atoms with Crippen molar-refractivity contribution >= 4 is 17.6 Å². The largest absolute Gasteiger partial charge is 0.481 e. The SMILES string of the molecule is CCc1ccc(C(=O)N2CCC(C(=O)O)(C(C)C)C2)cc1[N+](=O)[O-]. The normalized spacial score (nSPS) is 20.4. The van der Waals surface area contributed by atoms with Crippen molar-refractivity contribution in [2.24, 2.45) is 11.3 Å². The molecule has 130 valence electrons. The van der Waals surface area contributed by atoms with Crippen LogP contribution in [0.25, 0.3) is 0 Å². The molecule has 1 N–H and O–H groups in total. The molecule has 1 aromatic carbocycles. The molecule has 2 rings (SSSR count). The lowest BCUT2D eigenvalue weighted by Crippen LogP contribution is -2.40. The van der Waals surface area contributed by atoms with Gasteiger partial charge >= 0.3 is 5.97 Å². The molecule has 1 heterocycles. The van der Waals surface area contributed by atoms with E-state index in [1.54, 1.807) is 12.1 Å². The second-order valence-corrected chi connectivity index (χ2v) is 6.55. The minimum Gasteiger partial charge on any atom is -0.481 e. The second kappa shape index (κ2) is 6.59. The van der Waals surface area contributed by atoms with Crippen molar-refractivity contribution in [1.29, 1.82) is 0 Å². The molecule has 1 aliphatic heterocycles. The van der Waals surface area contributed by atoms with Gasteiger partial charge in [0.15, 0.2) is 0 Å². The first-order chi connectivity index (χ1) is 11.2. The molecule has 0 radical (unpaired) electrons. The van der Waals surface area contributed by atoms with Gasteiger partial charge in [0.1, 0.15) is 0 Å².